The summed E-state index contributed by atoms with van der Waals surface area (Å²) in [6, 6.07) is 9.71. The van der Waals surface area contributed by atoms with E-state index >= 15 is 0 Å². The number of hydrogen-bond acceptors (Lipinski definition) is 2. The number of aromatic amines is 1. The molecule has 0 unspecified atom stereocenters. The molecule has 1 N–H and O–H groups in total. The Morgan fingerprint density at radius 2 is 2.00 bits per heavy atom. The molecule has 4 heteroatoms. The number of hydrogen-bond donors (Lipinski definition) is 1. The highest BCUT2D eigenvalue weighted by molar-refractivity contribution is 6.06. The first-order chi connectivity index (χ1) is 7.81. The standard InChI is InChI=1S/C12H10N2O2/c1-16-14-7-6-9-8-4-2-3-5-10(8)13-11(9)12(14)15/h2-7,13H,1H3. The third-order valence-corrected chi connectivity index (χ3v) is 2.73. The molecule has 0 saturated heterocycles. The van der Waals surface area contributed by atoms with E-state index in [0.29, 0.717) is 5.52 Å². The van der Waals surface area contributed by atoms with E-state index < -0.39 is 0 Å². The number of nitrogens with zero attached hydrogens (tertiary/aromatic N) is 1. The van der Waals surface area contributed by atoms with Crippen LogP contribution in [0.25, 0.3) is 21.8 Å². The van der Waals surface area contributed by atoms with Gasteiger partial charge in [-0.25, -0.2) is 0 Å². The van der Waals surface area contributed by atoms with Crippen LogP contribution in [0.15, 0.2) is 41.3 Å². The Kier molecular flexibility index (Phi) is 1.77. The van der Waals surface area contributed by atoms with Gasteiger partial charge >= 0.3 is 5.56 Å². The van der Waals surface area contributed by atoms with Crippen LogP contribution in [0.3, 0.4) is 0 Å². The first-order valence-corrected chi connectivity index (χ1v) is 4.98. The third-order valence-electron chi connectivity index (χ3n) is 2.73. The zero-order chi connectivity index (χ0) is 11.1. The summed E-state index contributed by atoms with van der Waals surface area (Å²) in [6.45, 7) is 0. The lowest BCUT2D eigenvalue weighted by Crippen LogP contribution is -2.23. The maximum atomic E-state index is 11.9. The van der Waals surface area contributed by atoms with Crippen molar-refractivity contribution in [2.75, 3.05) is 7.11 Å². The molecule has 2 aromatic heterocycles. The van der Waals surface area contributed by atoms with Gasteiger partial charge in [0.05, 0.1) is 0 Å². The molecule has 80 valence electrons. The number of pyridine rings is 1. The average molecular weight is 214 g/mol. The smallest absolute Gasteiger partial charge is 0.307 e. The van der Waals surface area contributed by atoms with Gasteiger partial charge in [-0.2, -0.15) is 4.73 Å². The number of fused-ring (bicyclic) bond motifs is 3. The monoisotopic (exact) mass is 214 g/mol. The topological polar surface area (TPSA) is 47.0 Å². The molecule has 0 saturated carbocycles. The van der Waals surface area contributed by atoms with E-state index in [1.54, 1.807) is 6.20 Å². The second kappa shape index (κ2) is 3.13. The first kappa shape index (κ1) is 9.03. The quantitative estimate of drug-likeness (QED) is 0.668. The fourth-order valence-corrected chi connectivity index (χ4v) is 1.97. The first-order valence-electron chi connectivity index (χ1n) is 4.98. The molecular formula is C12H10N2O2. The molecule has 0 aliphatic carbocycles. The van der Waals surface area contributed by atoms with Gasteiger partial charge in [-0.05, 0) is 12.1 Å². The van der Waals surface area contributed by atoms with E-state index in [1.807, 2.05) is 30.3 Å². The predicted molar refractivity (Wildman–Crippen MR) is 62.6 cm³/mol. The lowest BCUT2D eigenvalue weighted by molar-refractivity contribution is 0.158. The van der Waals surface area contributed by atoms with Gasteiger partial charge in [0, 0.05) is 22.5 Å². The normalized spacial score (nSPS) is 11.1. The Labute approximate surface area is 91.0 Å². The van der Waals surface area contributed by atoms with Crippen molar-refractivity contribution in [1.82, 2.24) is 9.71 Å². The molecule has 0 spiro atoms. The van der Waals surface area contributed by atoms with E-state index in [-0.39, 0.29) is 5.56 Å². The Morgan fingerprint density at radius 1 is 1.19 bits per heavy atom. The van der Waals surface area contributed by atoms with E-state index in [2.05, 4.69) is 4.98 Å². The summed E-state index contributed by atoms with van der Waals surface area (Å²) in [6.07, 6.45) is 1.63. The van der Waals surface area contributed by atoms with Gasteiger partial charge in [-0.1, -0.05) is 18.2 Å². The zero-order valence-corrected chi connectivity index (χ0v) is 8.73. The molecule has 2 heterocycles. The van der Waals surface area contributed by atoms with Crippen LogP contribution < -0.4 is 10.4 Å². The molecule has 3 rings (SSSR count). The Bertz CT molecular complexity index is 725. The zero-order valence-electron chi connectivity index (χ0n) is 8.73. The van der Waals surface area contributed by atoms with Crippen LogP contribution in [0.4, 0.5) is 0 Å². The number of benzene rings is 1. The summed E-state index contributed by atoms with van der Waals surface area (Å²) in [7, 11) is 1.47. The van der Waals surface area contributed by atoms with Crippen LogP contribution >= 0.6 is 0 Å². The van der Waals surface area contributed by atoms with Crippen molar-refractivity contribution in [2.45, 2.75) is 0 Å². The molecular weight excluding hydrogens is 204 g/mol. The average Bonchev–Trinajstić information content (AvgIpc) is 2.69. The number of aromatic nitrogens is 2. The lowest BCUT2D eigenvalue weighted by Gasteiger charge is -2.01. The highest BCUT2D eigenvalue weighted by Gasteiger charge is 2.08. The van der Waals surface area contributed by atoms with Gasteiger partial charge in [0.25, 0.3) is 0 Å². The molecule has 4 nitrogen and oxygen atoms in total. The maximum Gasteiger partial charge on any atom is 0.307 e. The van der Waals surface area contributed by atoms with Crippen LogP contribution in [0.5, 0.6) is 0 Å². The van der Waals surface area contributed by atoms with Crippen molar-refractivity contribution in [3.8, 4) is 0 Å². The largest absolute Gasteiger partial charge is 0.414 e. The highest BCUT2D eigenvalue weighted by atomic mass is 16.6. The Hall–Kier alpha value is -2.23. The molecule has 0 radical (unpaired) electrons. The summed E-state index contributed by atoms with van der Waals surface area (Å²) in [5.41, 5.74) is 1.37. The van der Waals surface area contributed by atoms with Gasteiger partial charge in [-0.3, -0.25) is 4.79 Å². The SMILES string of the molecule is COn1ccc2c([nH]c3ccccc32)c1=O. The number of para-hydroxylation sites is 1. The fraction of sp³-hybridized carbons (Fsp3) is 0.0833. The number of H-pyrrole nitrogens is 1. The van der Waals surface area contributed by atoms with E-state index in [4.69, 9.17) is 4.84 Å². The number of nitrogens with one attached hydrogen (secondary N) is 1. The van der Waals surface area contributed by atoms with Crippen molar-refractivity contribution in [2.24, 2.45) is 0 Å². The molecule has 0 amide bonds. The second-order valence-corrected chi connectivity index (χ2v) is 3.59. The molecule has 0 atom stereocenters. The van der Waals surface area contributed by atoms with Crippen molar-refractivity contribution < 1.29 is 4.84 Å². The second-order valence-electron chi connectivity index (χ2n) is 3.59. The van der Waals surface area contributed by atoms with Crippen molar-refractivity contribution in [1.29, 1.82) is 0 Å². The summed E-state index contributed by atoms with van der Waals surface area (Å²) < 4.78 is 1.21. The lowest BCUT2D eigenvalue weighted by atomic mass is 10.2. The molecule has 0 aliphatic heterocycles. The van der Waals surface area contributed by atoms with Crippen molar-refractivity contribution in [3.63, 3.8) is 0 Å². The highest BCUT2D eigenvalue weighted by Crippen LogP contribution is 2.22. The van der Waals surface area contributed by atoms with Gasteiger partial charge in [0.15, 0.2) is 0 Å². The molecule has 1 aromatic carbocycles. The van der Waals surface area contributed by atoms with E-state index in [9.17, 15) is 4.79 Å². The maximum absolute atomic E-state index is 11.9. The van der Waals surface area contributed by atoms with Gasteiger partial charge in [0.1, 0.15) is 12.6 Å². The summed E-state index contributed by atoms with van der Waals surface area (Å²) in [5.74, 6) is 0. The molecule has 16 heavy (non-hydrogen) atoms. The number of rotatable bonds is 1. The van der Waals surface area contributed by atoms with Crippen LogP contribution in [0.1, 0.15) is 0 Å². The van der Waals surface area contributed by atoms with Crippen LogP contribution in [-0.4, -0.2) is 16.8 Å². The minimum atomic E-state index is -0.170. The third kappa shape index (κ3) is 1.07. The summed E-state index contributed by atoms with van der Waals surface area (Å²) in [4.78, 5) is 20.0. The van der Waals surface area contributed by atoms with Crippen molar-refractivity contribution >= 4 is 21.8 Å². The van der Waals surface area contributed by atoms with Gasteiger partial charge in [-0.15, -0.1) is 0 Å². The minimum absolute atomic E-state index is 0.170. The summed E-state index contributed by atoms with van der Waals surface area (Å²) >= 11 is 0. The van der Waals surface area contributed by atoms with Crippen LogP contribution in [0.2, 0.25) is 0 Å². The molecule has 0 fully saturated rings. The molecule has 3 aromatic rings. The predicted octanol–water partition coefficient (Wildman–Crippen LogP) is 1.54. The Balaban J connectivity index is 2.55. The van der Waals surface area contributed by atoms with E-state index in [1.165, 1.54) is 11.8 Å². The van der Waals surface area contributed by atoms with Crippen LogP contribution in [0, 0.1) is 0 Å². The molecule has 0 bridgehead atoms. The van der Waals surface area contributed by atoms with Gasteiger partial charge < -0.3 is 9.82 Å². The summed E-state index contributed by atoms with van der Waals surface area (Å²) in [5, 5.41) is 1.98. The Morgan fingerprint density at radius 3 is 2.81 bits per heavy atom. The van der Waals surface area contributed by atoms with Crippen LogP contribution in [-0.2, 0) is 0 Å². The van der Waals surface area contributed by atoms with Gasteiger partial charge in [0.2, 0.25) is 0 Å². The van der Waals surface area contributed by atoms with E-state index in [0.717, 1.165) is 16.3 Å². The fourth-order valence-electron chi connectivity index (χ4n) is 1.97. The van der Waals surface area contributed by atoms with Crippen molar-refractivity contribution in [3.05, 3.63) is 46.9 Å². The minimum Gasteiger partial charge on any atom is -0.414 e. The molecule has 0 aliphatic rings.